The van der Waals surface area contributed by atoms with Crippen LogP contribution in [0.1, 0.15) is 73.6 Å². The van der Waals surface area contributed by atoms with E-state index < -0.39 is 0 Å². The third-order valence-corrected chi connectivity index (χ3v) is 4.60. The Morgan fingerprint density at radius 1 is 1.14 bits per heavy atom. The molecule has 2 nitrogen and oxygen atoms in total. The molecule has 126 valence electrons. The molecule has 1 fully saturated rings. The van der Waals surface area contributed by atoms with Crippen LogP contribution in [0.5, 0.6) is 0 Å². The van der Waals surface area contributed by atoms with Gasteiger partial charge in [-0.05, 0) is 56.0 Å². The lowest BCUT2D eigenvalue weighted by Gasteiger charge is -2.36. The van der Waals surface area contributed by atoms with Gasteiger partial charge in [-0.1, -0.05) is 48.0 Å². The van der Waals surface area contributed by atoms with E-state index in [1.807, 2.05) is 0 Å². The maximum atomic E-state index is 3.71. The van der Waals surface area contributed by atoms with Crippen LogP contribution in [0.15, 0.2) is 0 Å². The summed E-state index contributed by atoms with van der Waals surface area (Å²) in [5.41, 5.74) is 0.434. The van der Waals surface area contributed by atoms with Gasteiger partial charge in [-0.15, -0.1) is 0 Å². The number of rotatable bonds is 12. The minimum atomic E-state index is 0.434. The highest BCUT2D eigenvalue weighted by molar-refractivity contribution is 4.89. The van der Waals surface area contributed by atoms with Crippen LogP contribution >= 0.6 is 0 Å². The molecule has 1 atom stereocenters. The summed E-state index contributed by atoms with van der Waals surface area (Å²) in [6.45, 7) is 19.0. The van der Waals surface area contributed by atoms with E-state index in [0.717, 1.165) is 24.4 Å². The highest BCUT2D eigenvalue weighted by Crippen LogP contribution is 2.32. The van der Waals surface area contributed by atoms with Crippen LogP contribution in [0, 0.1) is 17.3 Å². The maximum Gasteiger partial charge on any atom is 0.00966 e. The van der Waals surface area contributed by atoms with E-state index >= 15 is 0 Å². The van der Waals surface area contributed by atoms with Gasteiger partial charge in [0, 0.05) is 19.1 Å². The van der Waals surface area contributed by atoms with Crippen LogP contribution in [0.4, 0.5) is 0 Å². The van der Waals surface area contributed by atoms with Gasteiger partial charge in [0.2, 0.25) is 0 Å². The van der Waals surface area contributed by atoms with Crippen molar-refractivity contribution in [1.82, 2.24) is 10.2 Å². The van der Waals surface area contributed by atoms with Crippen molar-refractivity contribution in [3.63, 3.8) is 0 Å². The fraction of sp³-hybridized carbons (Fsp3) is 1.00. The zero-order chi connectivity index (χ0) is 15.9. The Morgan fingerprint density at radius 3 is 2.29 bits per heavy atom. The fourth-order valence-corrected chi connectivity index (χ4v) is 3.23. The lowest BCUT2D eigenvalue weighted by atomic mass is 9.84. The fourth-order valence-electron chi connectivity index (χ4n) is 3.23. The second-order valence-corrected chi connectivity index (χ2v) is 8.47. The summed E-state index contributed by atoms with van der Waals surface area (Å²) in [4.78, 5) is 2.80. The molecule has 21 heavy (non-hydrogen) atoms. The largest absolute Gasteiger partial charge is 0.316 e. The van der Waals surface area contributed by atoms with Crippen molar-refractivity contribution in [2.75, 3.05) is 26.2 Å². The molecule has 0 aliphatic heterocycles. The zero-order valence-electron chi connectivity index (χ0n) is 15.5. The molecule has 0 aromatic carbocycles. The van der Waals surface area contributed by atoms with Gasteiger partial charge in [-0.2, -0.15) is 0 Å². The smallest absolute Gasteiger partial charge is 0.00966 e. The average Bonchev–Trinajstić information content (AvgIpc) is 3.18. The van der Waals surface area contributed by atoms with Crippen LogP contribution in [0.2, 0.25) is 0 Å². The van der Waals surface area contributed by atoms with E-state index in [2.05, 4.69) is 51.8 Å². The van der Waals surface area contributed by atoms with Gasteiger partial charge in [0.05, 0.1) is 0 Å². The van der Waals surface area contributed by atoms with E-state index in [4.69, 9.17) is 0 Å². The van der Waals surface area contributed by atoms with Crippen LogP contribution in [0.25, 0.3) is 0 Å². The summed E-state index contributed by atoms with van der Waals surface area (Å²) in [5, 5.41) is 3.71. The zero-order valence-corrected chi connectivity index (χ0v) is 15.5. The maximum absolute atomic E-state index is 3.71. The van der Waals surface area contributed by atoms with Gasteiger partial charge in [0.1, 0.15) is 0 Å². The standard InChI is InChI=1S/C19H40N2/c1-7-11-19(6,14-20-13-17(4)5)15-21(18-8-9-18)12-10-16(2)3/h16-18,20H,7-15H2,1-6H3. The van der Waals surface area contributed by atoms with Gasteiger partial charge >= 0.3 is 0 Å². The van der Waals surface area contributed by atoms with Crippen LogP contribution in [-0.4, -0.2) is 37.1 Å². The molecule has 1 aliphatic carbocycles. The van der Waals surface area contributed by atoms with Crippen molar-refractivity contribution >= 4 is 0 Å². The van der Waals surface area contributed by atoms with Crippen molar-refractivity contribution in [3.05, 3.63) is 0 Å². The van der Waals surface area contributed by atoms with E-state index in [-0.39, 0.29) is 0 Å². The van der Waals surface area contributed by atoms with Crippen molar-refractivity contribution in [2.45, 2.75) is 79.7 Å². The Morgan fingerprint density at radius 2 is 1.81 bits per heavy atom. The number of nitrogens with one attached hydrogen (secondary N) is 1. The molecule has 0 saturated heterocycles. The summed E-state index contributed by atoms with van der Waals surface area (Å²) in [5.74, 6) is 1.57. The summed E-state index contributed by atoms with van der Waals surface area (Å²) in [6, 6.07) is 0.894. The normalized spacial score (nSPS) is 18.7. The SMILES string of the molecule is CCCC(C)(CNCC(C)C)CN(CCC(C)C)C1CC1. The highest BCUT2D eigenvalue weighted by Gasteiger charge is 2.34. The average molecular weight is 297 g/mol. The quantitative estimate of drug-likeness (QED) is 0.568. The third-order valence-electron chi connectivity index (χ3n) is 4.60. The molecule has 0 amide bonds. The lowest BCUT2D eigenvalue weighted by molar-refractivity contribution is 0.136. The number of nitrogens with zero attached hydrogens (tertiary/aromatic N) is 1. The molecule has 2 heteroatoms. The minimum Gasteiger partial charge on any atom is -0.316 e. The molecule has 1 unspecified atom stereocenters. The molecule has 0 aromatic heterocycles. The predicted octanol–water partition coefficient (Wildman–Crippen LogP) is 4.55. The van der Waals surface area contributed by atoms with Crippen LogP contribution < -0.4 is 5.32 Å². The molecule has 0 aromatic rings. The Hall–Kier alpha value is -0.0800. The summed E-state index contributed by atoms with van der Waals surface area (Å²) >= 11 is 0. The first-order valence-corrected chi connectivity index (χ1v) is 9.31. The molecule has 0 radical (unpaired) electrons. The van der Waals surface area contributed by atoms with E-state index in [1.165, 1.54) is 51.7 Å². The molecule has 1 N–H and O–H groups in total. The van der Waals surface area contributed by atoms with Gasteiger partial charge in [-0.3, -0.25) is 4.90 Å². The van der Waals surface area contributed by atoms with Crippen molar-refractivity contribution < 1.29 is 0 Å². The first-order valence-electron chi connectivity index (χ1n) is 9.31. The Labute approximate surface area is 134 Å². The molecule has 0 bridgehead atoms. The van der Waals surface area contributed by atoms with Crippen LogP contribution in [0.3, 0.4) is 0 Å². The van der Waals surface area contributed by atoms with E-state index in [1.54, 1.807) is 0 Å². The van der Waals surface area contributed by atoms with Crippen molar-refractivity contribution in [1.29, 1.82) is 0 Å². The Kier molecular flexibility index (Phi) is 8.26. The second-order valence-electron chi connectivity index (χ2n) is 8.47. The van der Waals surface area contributed by atoms with Gasteiger partial charge < -0.3 is 5.32 Å². The Bertz CT molecular complexity index is 271. The molecule has 1 aliphatic rings. The molecule has 0 heterocycles. The van der Waals surface area contributed by atoms with Gasteiger partial charge in [0.25, 0.3) is 0 Å². The topological polar surface area (TPSA) is 15.3 Å². The molecule has 0 spiro atoms. The molecule has 1 rings (SSSR count). The predicted molar refractivity (Wildman–Crippen MR) is 94.8 cm³/mol. The summed E-state index contributed by atoms with van der Waals surface area (Å²) in [7, 11) is 0. The highest BCUT2D eigenvalue weighted by atomic mass is 15.2. The minimum absolute atomic E-state index is 0.434. The van der Waals surface area contributed by atoms with Gasteiger partial charge in [0.15, 0.2) is 0 Å². The number of hydrogen-bond donors (Lipinski definition) is 1. The van der Waals surface area contributed by atoms with Crippen molar-refractivity contribution in [2.24, 2.45) is 17.3 Å². The first-order chi connectivity index (χ1) is 9.86. The summed E-state index contributed by atoms with van der Waals surface area (Å²) < 4.78 is 0. The van der Waals surface area contributed by atoms with Gasteiger partial charge in [-0.25, -0.2) is 0 Å². The third kappa shape index (κ3) is 8.21. The van der Waals surface area contributed by atoms with E-state index in [0.29, 0.717) is 5.41 Å². The monoisotopic (exact) mass is 296 g/mol. The number of hydrogen-bond acceptors (Lipinski definition) is 2. The van der Waals surface area contributed by atoms with E-state index in [9.17, 15) is 0 Å². The molecular formula is C19H40N2. The van der Waals surface area contributed by atoms with Crippen molar-refractivity contribution in [3.8, 4) is 0 Å². The first kappa shape index (κ1) is 19.0. The Balaban J connectivity index is 2.51. The lowest BCUT2D eigenvalue weighted by Crippen LogP contribution is -2.44. The summed E-state index contributed by atoms with van der Waals surface area (Å²) in [6.07, 6.45) is 6.84. The molecular weight excluding hydrogens is 256 g/mol. The van der Waals surface area contributed by atoms with Crippen LogP contribution in [-0.2, 0) is 0 Å². The molecule has 1 saturated carbocycles. The second kappa shape index (κ2) is 9.15.